The minimum absolute atomic E-state index is 0.0998. The van der Waals surface area contributed by atoms with Gasteiger partial charge in [0.05, 0.1) is 5.01 Å². The van der Waals surface area contributed by atoms with Crippen LogP contribution in [0.25, 0.3) is 11.3 Å². The van der Waals surface area contributed by atoms with E-state index in [0.717, 1.165) is 23.4 Å². The van der Waals surface area contributed by atoms with Gasteiger partial charge in [-0.15, -0.1) is 11.3 Å². The van der Waals surface area contributed by atoms with Crippen molar-refractivity contribution in [2.24, 2.45) is 0 Å². The first kappa shape index (κ1) is 26.1. The Morgan fingerprint density at radius 1 is 1.03 bits per heavy atom. The van der Waals surface area contributed by atoms with Crippen molar-refractivity contribution in [3.8, 4) is 17.0 Å². The fraction of sp³-hybridized carbons (Fsp3) is 0.250. The number of aryl methyl sites for hydroxylation is 1. The van der Waals surface area contributed by atoms with E-state index < -0.39 is 11.8 Å². The van der Waals surface area contributed by atoms with Gasteiger partial charge in [0, 0.05) is 30.0 Å². The molecule has 1 fully saturated rings. The highest BCUT2D eigenvalue weighted by molar-refractivity contribution is 7.09. The quantitative estimate of drug-likeness (QED) is 0.337. The van der Waals surface area contributed by atoms with Crippen molar-refractivity contribution in [2.45, 2.75) is 25.7 Å². The van der Waals surface area contributed by atoms with Gasteiger partial charge >= 0.3 is 0 Å². The zero-order valence-electron chi connectivity index (χ0n) is 21.3. The Hall–Kier alpha value is -4.51. The molecule has 0 spiro atoms. The molecule has 5 rings (SSSR count). The van der Waals surface area contributed by atoms with Crippen LogP contribution in [0.4, 0.5) is 0 Å². The summed E-state index contributed by atoms with van der Waals surface area (Å²) in [5, 5.41) is 6.63. The average molecular weight is 546 g/mol. The third-order valence-corrected chi connectivity index (χ3v) is 7.45. The smallest absolute Gasteiger partial charge is 0.289 e. The maximum Gasteiger partial charge on any atom is 0.289 e. The summed E-state index contributed by atoms with van der Waals surface area (Å²) < 4.78 is 10.7. The maximum atomic E-state index is 13.4. The van der Waals surface area contributed by atoms with Crippen LogP contribution in [-0.4, -0.2) is 52.5 Å². The molecule has 10 nitrogen and oxygen atoms in total. The molecule has 0 atom stereocenters. The molecule has 2 aromatic carbocycles. The highest BCUT2D eigenvalue weighted by atomic mass is 32.1. The van der Waals surface area contributed by atoms with E-state index in [1.54, 1.807) is 36.6 Å². The topological polar surface area (TPSA) is 127 Å². The summed E-state index contributed by atoms with van der Waals surface area (Å²) in [6.45, 7) is 2.63. The maximum absolute atomic E-state index is 13.4. The molecule has 1 saturated heterocycles. The molecule has 2 aromatic heterocycles. The third kappa shape index (κ3) is 6.15. The van der Waals surface area contributed by atoms with Gasteiger partial charge in [0.1, 0.15) is 28.5 Å². The highest BCUT2D eigenvalue weighted by Crippen LogP contribution is 2.32. The first-order valence-electron chi connectivity index (χ1n) is 12.5. The number of benzene rings is 2. The molecule has 200 valence electrons. The van der Waals surface area contributed by atoms with Crippen LogP contribution in [0.3, 0.4) is 0 Å². The molecular formula is C28H27N5O5S. The number of hydrogen-bond donors (Lipinski definition) is 2. The molecule has 1 aliphatic rings. The minimum atomic E-state index is -0.505. The summed E-state index contributed by atoms with van der Waals surface area (Å²) in [4.78, 5) is 44.2. The lowest BCUT2D eigenvalue weighted by molar-refractivity contribution is -0.123. The Kier molecular flexibility index (Phi) is 7.97. The van der Waals surface area contributed by atoms with Gasteiger partial charge < -0.3 is 14.2 Å². The predicted octanol–water partition coefficient (Wildman–Crippen LogP) is 3.97. The van der Waals surface area contributed by atoms with Crippen LogP contribution in [0.5, 0.6) is 5.75 Å². The molecule has 0 bridgehead atoms. The van der Waals surface area contributed by atoms with E-state index in [2.05, 4.69) is 21.0 Å². The standard InChI is InChI=1S/C28H27N5O5S/c1-18-24(25(32-38-18)19-8-4-2-5-9-19)28(36)33-14-12-20(13-15-33)27-29-22(17-39-27)26(35)31-30-23(34)16-37-21-10-6-3-7-11-21/h2-11,17,20H,12-16H2,1H3,(H,30,34)(H,31,35). The SMILES string of the molecule is Cc1onc(-c2ccccc2)c1C(=O)N1CCC(c2nc(C(=O)NNC(=O)COc3ccccc3)cs2)CC1. The number of para-hydroxylation sites is 1. The molecule has 0 aliphatic carbocycles. The van der Waals surface area contributed by atoms with Gasteiger partial charge in [0.2, 0.25) is 0 Å². The van der Waals surface area contributed by atoms with E-state index in [9.17, 15) is 14.4 Å². The number of aromatic nitrogens is 2. The summed E-state index contributed by atoms with van der Waals surface area (Å²) in [6, 6.07) is 18.4. The number of hydrazine groups is 1. The van der Waals surface area contributed by atoms with Gasteiger partial charge in [-0.05, 0) is 31.9 Å². The second-order valence-corrected chi connectivity index (χ2v) is 9.96. The van der Waals surface area contributed by atoms with Gasteiger partial charge in [0.15, 0.2) is 6.61 Å². The number of carbonyl (C=O) groups is 3. The zero-order valence-corrected chi connectivity index (χ0v) is 22.1. The van der Waals surface area contributed by atoms with E-state index >= 15 is 0 Å². The summed E-state index contributed by atoms with van der Waals surface area (Å²) in [6.07, 6.45) is 1.44. The number of ether oxygens (including phenoxy) is 1. The van der Waals surface area contributed by atoms with Crippen molar-refractivity contribution in [3.63, 3.8) is 0 Å². The van der Waals surface area contributed by atoms with E-state index in [0.29, 0.717) is 35.9 Å². The van der Waals surface area contributed by atoms with E-state index in [4.69, 9.17) is 9.26 Å². The predicted molar refractivity (Wildman–Crippen MR) is 144 cm³/mol. The number of likely N-dealkylation sites (tertiary alicyclic amines) is 1. The highest BCUT2D eigenvalue weighted by Gasteiger charge is 2.31. The van der Waals surface area contributed by atoms with Crippen LogP contribution < -0.4 is 15.6 Å². The number of piperidine rings is 1. The van der Waals surface area contributed by atoms with E-state index in [1.807, 2.05) is 41.3 Å². The van der Waals surface area contributed by atoms with Gasteiger partial charge in [-0.1, -0.05) is 53.7 Å². The molecule has 0 saturated carbocycles. The molecule has 3 amide bonds. The van der Waals surface area contributed by atoms with Gasteiger partial charge in [0.25, 0.3) is 17.7 Å². The van der Waals surface area contributed by atoms with Gasteiger partial charge in [-0.3, -0.25) is 25.2 Å². The second-order valence-electron chi connectivity index (χ2n) is 9.07. The van der Waals surface area contributed by atoms with Crippen LogP contribution in [0.15, 0.2) is 70.6 Å². The van der Waals surface area contributed by atoms with E-state index in [-0.39, 0.29) is 24.1 Å². The van der Waals surface area contributed by atoms with Crippen LogP contribution in [0, 0.1) is 6.92 Å². The number of carbonyl (C=O) groups excluding carboxylic acids is 3. The van der Waals surface area contributed by atoms with Crippen LogP contribution in [0.1, 0.15) is 50.4 Å². The Balaban J connectivity index is 1.12. The summed E-state index contributed by atoms with van der Waals surface area (Å²) >= 11 is 1.40. The summed E-state index contributed by atoms with van der Waals surface area (Å²) in [5.41, 5.74) is 6.81. The van der Waals surface area contributed by atoms with Gasteiger partial charge in [-0.2, -0.15) is 0 Å². The normalized spacial score (nSPS) is 13.6. The van der Waals surface area contributed by atoms with Crippen molar-refractivity contribution in [3.05, 3.63) is 88.1 Å². The fourth-order valence-electron chi connectivity index (χ4n) is 4.38. The molecule has 3 heterocycles. The van der Waals surface area contributed by atoms with Crippen molar-refractivity contribution >= 4 is 29.1 Å². The van der Waals surface area contributed by atoms with Crippen molar-refractivity contribution in [2.75, 3.05) is 19.7 Å². The number of hydrogen-bond acceptors (Lipinski definition) is 8. The fourth-order valence-corrected chi connectivity index (χ4v) is 5.35. The minimum Gasteiger partial charge on any atom is -0.484 e. The molecule has 2 N–H and O–H groups in total. The zero-order chi connectivity index (χ0) is 27.2. The van der Waals surface area contributed by atoms with Gasteiger partial charge in [-0.25, -0.2) is 4.98 Å². The number of thiazole rings is 1. The van der Waals surface area contributed by atoms with E-state index in [1.165, 1.54) is 11.3 Å². The summed E-state index contributed by atoms with van der Waals surface area (Å²) in [7, 11) is 0. The van der Waals surface area contributed by atoms with Crippen LogP contribution in [-0.2, 0) is 4.79 Å². The molecule has 4 aromatic rings. The lowest BCUT2D eigenvalue weighted by Gasteiger charge is -2.31. The number of amides is 3. The number of nitrogens with zero attached hydrogens (tertiary/aromatic N) is 3. The monoisotopic (exact) mass is 545 g/mol. The number of nitrogens with one attached hydrogen (secondary N) is 2. The largest absolute Gasteiger partial charge is 0.484 e. The van der Waals surface area contributed by atoms with Crippen LogP contribution >= 0.6 is 11.3 Å². The second kappa shape index (κ2) is 11.9. The Labute approximate surface area is 228 Å². The molecule has 1 aliphatic heterocycles. The third-order valence-electron chi connectivity index (χ3n) is 6.44. The number of rotatable bonds is 7. The summed E-state index contributed by atoms with van der Waals surface area (Å²) in [5.74, 6) is 0.0935. The first-order chi connectivity index (χ1) is 19.0. The Morgan fingerprint density at radius 3 is 2.44 bits per heavy atom. The van der Waals surface area contributed by atoms with Crippen molar-refractivity contribution < 1.29 is 23.6 Å². The Morgan fingerprint density at radius 2 is 1.72 bits per heavy atom. The van der Waals surface area contributed by atoms with Crippen molar-refractivity contribution in [1.29, 1.82) is 0 Å². The average Bonchev–Trinajstić information content (AvgIpc) is 3.63. The lowest BCUT2D eigenvalue weighted by atomic mass is 9.96. The molecule has 11 heteroatoms. The lowest BCUT2D eigenvalue weighted by Crippen LogP contribution is -2.44. The Bertz CT molecular complexity index is 1450. The molecule has 0 radical (unpaired) electrons. The van der Waals surface area contributed by atoms with Crippen molar-refractivity contribution in [1.82, 2.24) is 25.9 Å². The molecule has 39 heavy (non-hydrogen) atoms. The van der Waals surface area contributed by atoms with Crippen LogP contribution in [0.2, 0.25) is 0 Å². The molecular weight excluding hydrogens is 518 g/mol. The first-order valence-corrected chi connectivity index (χ1v) is 13.4. The molecule has 0 unspecified atom stereocenters.